The molecule has 0 heterocycles. The molecule has 0 aliphatic heterocycles. The summed E-state index contributed by atoms with van der Waals surface area (Å²) in [5, 5.41) is 5.36. The first kappa shape index (κ1) is 24.2. The van der Waals surface area contributed by atoms with Gasteiger partial charge in [0, 0.05) is 15.4 Å². The van der Waals surface area contributed by atoms with E-state index in [2.05, 4.69) is 5.32 Å². The van der Waals surface area contributed by atoms with E-state index in [1.807, 2.05) is 42.5 Å². The first-order chi connectivity index (χ1) is 15.2. The molecule has 0 unspecified atom stereocenters. The van der Waals surface area contributed by atoms with Gasteiger partial charge in [-0.2, -0.15) is 0 Å². The van der Waals surface area contributed by atoms with Gasteiger partial charge < -0.3 is 10.1 Å². The van der Waals surface area contributed by atoms with Crippen molar-refractivity contribution in [2.75, 3.05) is 23.7 Å². The molecule has 0 radical (unpaired) electrons. The molecule has 1 N–H and O–H groups in total. The topological polar surface area (TPSA) is 75.7 Å². The maximum Gasteiger partial charge on any atom is 0.244 e. The van der Waals surface area contributed by atoms with Crippen LogP contribution < -0.4 is 14.4 Å². The summed E-state index contributed by atoms with van der Waals surface area (Å²) < 4.78 is 32.0. The molecule has 0 saturated heterocycles. The normalized spacial score (nSPS) is 12.4. The second kappa shape index (κ2) is 10.4. The van der Waals surface area contributed by atoms with Crippen LogP contribution in [0.2, 0.25) is 10.0 Å². The molecule has 0 aliphatic carbocycles. The van der Waals surface area contributed by atoms with E-state index in [1.54, 1.807) is 6.92 Å². The van der Waals surface area contributed by atoms with Gasteiger partial charge in [-0.05, 0) is 36.1 Å². The number of anilines is 1. The average molecular weight is 495 g/mol. The molecule has 9 heteroatoms. The monoisotopic (exact) mass is 494 g/mol. The van der Waals surface area contributed by atoms with Crippen LogP contribution in [0, 0.1) is 0 Å². The molecule has 0 aliphatic rings. The third-order valence-electron chi connectivity index (χ3n) is 4.84. The summed E-state index contributed by atoms with van der Waals surface area (Å²) >= 11 is 12.1. The van der Waals surface area contributed by atoms with Crippen molar-refractivity contribution in [1.29, 1.82) is 0 Å². The van der Waals surface area contributed by atoms with Crippen molar-refractivity contribution in [3.8, 4) is 5.75 Å². The Kier molecular flexibility index (Phi) is 7.87. The van der Waals surface area contributed by atoms with E-state index in [4.69, 9.17) is 27.9 Å². The summed E-state index contributed by atoms with van der Waals surface area (Å²) in [6.07, 6.45) is 1.30. The maximum atomic E-state index is 12.9. The summed E-state index contributed by atoms with van der Waals surface area (Å²) in [6.45, 7) is 2.19. The molecule has 0 aromatic heterocycles. The number of rotatable bonds is 9. The Morgan fingerprint density at radius 3 is 2.38 bits per heavy atom. The molecule has 1 amide bonds. The Balaban J connectivity index is 1.70. The number of fused-ring (bicyclic) bond motifs is 1. The van der Waals surface area contributed by atoms with Crippen molar-refractivity contribution in [2.45, 2.75) is 19.4 Å². The van der Waals surface area contributed by atoms with Gasteiger partial charge in [0.2, 0.25) is 15.9 Å². The lowest BCUT2D eigenvalue weighted by atomic mass is 10.1. The third kappa shape index (κ3) is 5.85. The number of nitrogens with one attached hydrogen (secondary N) is 1. The minimum atomic E-state index is -3.78. The Bertz CT molecular complexity index is 1190. The minimum absolute atomic E-state index is 0.215. The molecule has 0 saturated carbocycles. The van der Waals surface area contributed by atoms with Crippen LogP contribution in [-0.2, 0) is 14.8 Å². The highest BCUT2D eigenvalue weighted by Crippen LogP contribution is 2.29. The molecule has 3 aromatic carbocycles. The highest BCUT2D eigenvalue weighted by Gasteiger charge is 2.31. The first-order valence-electron chi connectivity index (χ1n) is 10.0. The number of nitrogens with zero attached hydrogens (tertiary/aromatic N) is 1. The quantitative estimate of drug-likeness (QED) is 0.429. The molecule has 0 fully saturated rings. The molecule has 1 atom stereocenters. The number of ether oxygens (including phenoxy) is 1. The van der Waals surface area contributed by atoms with Crippen molar-refractivity contribution < 1.29 is 17.9 Å². The minimum Gasteiger partial charge on any atom is -0.491 e. The smallest absolute Gasteiger partial charge is 0.244 e. The summed E-state index contributed by atoms with van der Waals surface area (Å²) in [5.41, 5.74) is 0.235. The maximum absolute atomic E-state index is 12.9. The number of hydrogen-bond acceptors (Lipinski definition) is 4. The van der Waals surface area contributed by atoms with Gasteiger partial charge >= 0.3 is 0 Å². The Morgan fingerprint density at radius 1 is 1.06 bits per heavy atom. The van der Waals surface area contributed by atoms with Crippen LogP contribution in [0.1, 0.15) is 13.3 Å². The SMILES string of the molecule is CC[C@H](C(=O)NCCOc1cccc2ccccc12)N(c1cc(Cl)cc(Cl)c1)S(C)(=O)=O. The summed E-state index contributed by atoms with van der Waals surface area (Å²) in [5.74, 6) is 0.284. The van der Waals surface area contributed by atoms with Gasteiger partial charge in [-0.25, -0.2) is 8.42 Å². The number of amides is 1. The van der Waals surface area contributed by atoms with Crippen LogP contribution in [0.5, 0.6) is 5.75 Å². The first-order valence-corrected chi connectivity index (χ1v) is 12.6. The Hall–Kier alpha value is -2.48. The lowest BCUT2D eigenvalue weighted by Crippen LogP contribution is -2.50. The highest BCUT2D eigenvalue weighted by molar-refractivity contribution is 7.92. The van der Waals surface area contributed by atoms with E-state index in [9.17, 15) is 13.2 Å². The van der Waals surface area contributed by atoms with Crippen molar-refractivity contribution in [1.82, 2.24) is 5.32 Å². The molecule has 0 bridgehead atoms. The number of carbonyl (C=O) groups is 1. The van der Waals surface area contributed by atoms with E-state index >= 15 is 0 Å². The second-order valence-corrected chi connectivity index (χ2v) is 9.96. The van der Waals surface area contributed by atoms with Gasteiger partial charge in [0.15, 0.2) is 0 Å². The Labute approximate surface area is 198 Å². The Morgan fingerprint density at radius 2 is 1.72 bits per heavy atom. The highest BCUT2D eigenvalue weighted by atomic mass is 35.5. The van der Waals surface area contributed by atoms with Crippen LogP contribution in [0.3, 0.4) is 0 Å². The zero-order valence-electron chi connectivity index (χ0n) is 17.7. The van der Waals surface area contributed by atoms with Gasteiger partial charge in [-0.3, -0.25) is 9.10 Å². The number of carbonyl (C=O) groups excluding carboxylic acids is 1. The predicted molar refractivity (Wildman–Crippen MR) is 130 cm³/mol. The lowest BCUT2D eigenvalue weighted by Gasteiger charge is -2.30. The van der Waals surface area contributed by atoms with Crippen LogP contribution in [-0.4, -0.2) is 39.8 Å². The number of benzene rings is 3. The van der Waals surface area contributed by atoms with Gasteiger partial charge in [-0.1, -0.05) is 66.5 Å². The van der Waals surface area contributed by atoms with Crippen molar-refractivity contribution >= 4 is 55.6 Å². The van der Waals surface area contributed by atoms with Gasteiger partial charge in [-0.15, -0.1) is 0 Å². The van der Waals surface area contributed by atoms with E-state index in [1.165, 1.54) is 18.2 Å². The zero-order valence-corrected chi connectivity index (χ0v) is 20.0. The molecule has 170 valence electrons. The molecule has 0 spiro atoms. The zero-order chi connectivity index (χ0) is 23.3. The van der Waals surface area contributed by atoms with E-state index in [-0.39, 0.29) is 35.3 Å². The van der Waals surface area contributed by atoms with Gasteiger partial charge in [0.05, 0.1) is 18.5 Å². The molecular weight excluding hydrogens is 471 g/mol. The van der Waals surface area contributed by atoms with Crippen LogP contribution in [0.4, 0.5) is 5.69 Å². The molecular formula is C23H24Cl2N2O4S. The standard InChI is InChI=1S/C23H24Cl2N2O4S/c1-3-21(27(32(2,29)30)19-14-17(24)13-18(25)15-19)23(28)26-11-12-31-22-10-6-8-16-7-4-5-9-20(16)22/h4-10,13-15,21H,3,11-12H2,1-2H3,(H,26,28)/t21-/m1/s1. The fourth-order valence-electron chi connectivity index (χ4n) is 3.50. The van der Waals surface area contributed by atoms with E-state index < -0.39 is 22.0 Å². The summed E-state index contributed by atoms with van der Waals surface area (Å²) in [4.78, 5) is 12.9. The molecule has 6 nitrogen and oxygen atoms in total. The molecule has 3 aromatic rings. The molecule has 3 rings (SSSR count). The fraction of sp³-hybridized carbons (Fsp3) is 0.261. The van der Waals surface area contributed by atoms with Gasteiger partial charge in [0.25, 0.3) is 0 Å². The van der Waals surface area contributed by atoms with Crippen molar-refractivity contribution in [3.63, 3.8) is 0 Å². The van der Waals surface area contributed by atoms with E-state index in [0.29, 0.717) is 0 Å². The van der Waals surface area contributed by atoms with Gasteiger partial charge in [0.1, 0.15) is 18.4 Å². The van der Waals surface area contributed by atoms with Crippen LogP contribution in [0.15, 0.2) is 60.7 Å². The lowest BCUT2D eigenvalue weighted by molar-refractivity contribution is -0.122. The van der Waals surface area contributed by atoms with Crippen LogP contribution in [0.25, 0.3) is 10.8 Å². The summed E-state index contributed by atoms with van der Waals surface area (Å²) in [7, 11) is -3.78. The van der Waals surface area contributed by atoms with Crippen molar-refractivity contribution in [2.24, 2.45) is 0 Å². The number of hydrogen-bond donors (Lipinski definition) is 1. The second-order valence-electron chi connectivity index (χ2n) is 7.23. The fourth-order valence-corrected chi connectivity index (χ4v) is 5.21. The average Bonchev–Trinajstić information content (AvgIpc) is 2.73. The van der Waals surface area contributed by atoms with Crippen molar-refractivity contribution in [3.05, 3.63) is 70.7 Å². The third-order valence-corrected chi connectivity index (χ3v) is 6.46. The predicted octanol–water partition coefficient (Wildman–Crippen LogP) is 4.89. The molecule has 32 heavy (non-hydrogen) atoms. The van der Waals surface area contributed by atoms with E-state index in [0.717, 1.165) is 27.1 Å². The van der Waals surface area contributed by atoms with Crippen LogP contribution >= 0.6 is 23.2 Å². The number of halogens is 2. The number of sulfonamides is 1. The summed E-state index contributed by atoms with van der Waals surface area (Å²) in [6, 6.07) is 17.1. The largest absolute Gasteiger partial charge is 0.491 e.